The Labute approximate surface area is 118 Å². The SMILES string of the molecule is COC(=O)c1ccc(C(=O)N2CC(C)CC(C)C2)nc1. The number of likely N-dealkylation sites (tertiary alicyclic amines) is 1. The molecule has 0 N–H and O–H groups in total. The molecular weight excluding hydrogens is 256 g/mol. The predicted molar refractivity (Wildman–Crippen MR) is 74.4 cm³/mol. The van der Waals surface area contributed by atoms with E-state index in [-0.39, 0.29) is 5.91 Å². The second-order valence-corrected chi connectivity index (χ2v) is 5.58. The van der Waals surface area contributed by atoms with Crippen molar-refractivity contribution in [2.45, 2.75) is 20.3 Å². The number of piperidine rings is 1. The van der Waals surface area contributed by atoms with Crippen molar-refractivity contribution >= 4 is 11.9 Å². The summed E-state index contributed by atoms with van der Waals surface area (Å²) in [6, 6.07) is 3.15. The van der Waals surface area contributed by atoms with Gasteiger partial charge in [0.15, 0.2) is 0 Å². The van der Waals surface area contributed by atoms with Crippen molar-refractivity contribution in [3.63, 3.8) is 0 Å². The molecule has 1 fully saturated rings. The van der Waals surface area contributed by atoms with Crippen LogP contribution in [-0.2, 0) is 4.74 Å². The molecule has 0 spiro atoms. The highest BCUT2D eigenvalue weighted by Gasteiger charge is 2.26. The molecule has 1 saturated heterocycles. The van der Waals surface area contributed by atoms with Crippen LogP contribution < -0.4 is 0 Å². The van der Waals surface area contributed by atoms with Crippen molar-refractivity contribution in [2.75, 3.05) is 20.2 Å². The highest BCUT2D eigenvalue weighted by atomic mass is 16.5. The van der Waals surface area contributed by atoms with Gasteiger partial charge in [0.2, 0.25) is 0 Å². The molecule has 1 amide bonds. The van der Waals surface area contributed by atoms with Gasteiger partial charge >= 0.3 is 5.97 Å². The summed E-state index contributed by atoms with van der Waals surface area (Å²) < 4.78 is 4.61. The minimum absolute atomic E-state index is 0.0696. The summed E-state index contributed by atoms with van der Waals surface area (Å²) in [5.74, 6) is 0.505. The average Bonchev–Trinajstić information content (AvgIpc) is 2.45. The quantitative estimate of drug-likeness (QED) is 0.775. The number of aromatic nitrogens is 1. The Balaban J connectivity index is 2.11. The van der Waals surface area contributed by atoms with Crippen LogP contribution in [0.15, 0.2) is 18.3 Å². The molecule has 2 unspecified atom stereocenters. The first-order valence-electron chi connectivity index (χ1n) is 6.85. The topological polar surface area (TPSA) is 59.5 Å². The molecule has 0 aromatic carbocycles. The van der Waals surface area contributed by atoms with E-state index in [9.17, 15) is 9.59 Å². The Hall–Kier alpha value is -1.91. The Kier molecular flexibility index (Phi) is 4.37. The van der Waals surface area contributed by atoms with Crippen LogP contribution in [0.3, 0.4) is 0 Å². The number of rotatable bonds is 2. The third kappa shape index (κ3) is 3.15. The molecule has 1 aliphatic heterocycles. The number of hydrogen-bond acceptors (Lipinski definition) is 4. The first-order valence-corrected chi connectivity index (χ1v) is 6.85. The molecule has 1 aromatic heterocycles. The number of carbonyl (C=O) groups is 2. The molecule has 2 heterocycles. The molecular formula is C15H20N2O3. The van der Waals surface area contributed by atoms with E-state index in [1.807, 2.05) is 4.90 Å². The van der Waals surface area contributed by atoms with E-state index in [1.54, 1.807) is 12.1 Å². The van der Waals surface area contributed by atoms with Gasteiger partial charge in [-0.25, -0.2) is 4.79 Å². The lowest BCUT2D eigenvalue weighted by Gasteiger charge is -2.34. The lowest BCUT2D eigenvalue weighted by atomic mass is 9.92. The van der Waals surface area contributed by atoms with Gasteiger partial charge in [-0.3, -0.25) is 9.78 Å². The summed E-state index contributed by atoms with van der Waals surface area (Å²) >= 11 is 0. The first kappa shape index (κ1) is 14.5. The third-order valence-electron chi connectivity index (χ3n) is 3.56. The minimum atomic E-state index is -0.447. The Bertz CT molecular complexity index is 488. The van der Waals surface area contributed by atoms with Crippen LogP contribution in [0, 0.1) is 11.8 Å². The number of nitrogens with zero attached hydrogens (tertiary/aromatic N) is 2. The Morgan fingerprint density at radius 2 is 1.90 bits per heavy atom. The number of hydrogen-bond donors (Lipinski definition) is 0. The average molecular weight is 276 g/mol. The van der Waals surface area contributed by atoms with Crippen LogP contribution in [-0.4, -0.2) is 42.0 Å². The van der Waals surface area contributed by atoms with Crippen LogP contribution >= 0.6 is 0 Å². The van der Waals surface area contributed by atoms with Gasteiger partial charge in [0.1, 0.15) is 5.69 Å². The highest BCUT2D eigenvalue weighted by Crippen LogP contribution is 2.22. The molecule has 1 aliphatic rings. The van der Waals surface area contributed by atoms with Gasteiger partial charge in [0.25, 0.3) is 5.91 Å². The van der Waals surface area contributed by atoms with Gasteiger partial charge in [-0.05, 0) is 30.4 Å². The zero-order chi connectivity index (χ0) is 14.7. The lowest BCUT2D eigenvalue weighted by Crippen LogP contribution is -2.42. The van der Waals surface area contributed by atoms with Crippen molar-refractivity contribution < 1.29 is 14.3 Å². The predicted octanol–water partition coefficient (Wildman–Crippen LogP) is 1.99. The molecule has 20 heavy (non-hydrogen) atoms. The number of amides is 1. The van der Waals surface area contributed by atoms with Crippen LogP contribution in [0.4, 0.5) is 0 Å². The van der Waals surface area contributed by atoms with Gasteiger partial charge in [0.05, 0.1) is 12.7 Å². The van der Waals surface area contributed by atoms with Gasteiger partial charge in [0, 0.05) is 19.3 Å². The highest BCUT2D eigenvalue weighted by molar-refractivity contribution is 5.94. The second kappa shape index (κ2) is 6.03. The minimum Gasteiger partial charge on any atom is -0.465 e. The molecule has 0 radical (unpaired) electrons. The van der Waals surface area contributed by atoms with Gasteiger partial charge < -0.3 is 9.64 Å². The Morgan fingerprint density at radius 3 is 2.40 bits per heavy atom. The van der Waals surface area contributed by atoms with Crippen molar-refractivity contribution in [1.29, 1.82) is 0 Å². The number of ether oxygens (including phenoxy) is 1. The zero-order valence-electron chi connectivity index (χ0n) is 12.1. The molecule has 5 heteroatoms. The third-order valence-corrected chi connectivity index (χ3v) is 3.56. The summed E-state index contributed by atoms with van der Waals surface area (Å²) in [5, 5.41) is 0. The summed E-state index contributed by atoms with van der Waals surface area (Å²) in [7, 11) is 1.32. The smallest absolute Gasteiger partial charge is 0.339 e. The summed E-state index contributed by atoms with van der Waals surface area (Å²) in [6.07, 6.45) is 2.54. The fourth-order valence-corrected chi connectivity index (χ4v) is 2.75. The standard InChI is InChI=1S/C15H20N2O3/c1-10-6-11(2)9-17(8-10)14(18)13-5-4-12(7-16-13)15(19)20-3/h4-5,7,10-11H,6,8-9H2,1-3H3. The largest absolute Gasteiger partial charge is 0.465 e. The zero-order valence-corrected chi connectivity index (χ0v) is 12.1. The summed E-state index contributed by atoms with van der Waals surface area (Å²) in [4.78, 5) is 29.6. The molecule has 108 valence electrons. The number of esters is 1. The number of carbonyl (C=O) groups excluding carboxylic acids is 2. The van der Waals surface area contributed by atoms with Crippen molar-refractivity contribution in [3.8, 4) is 0 Å². The maximum Gasteiger partial charge on any atom is 0.339 e. The van der Waals surface area contributed by atoms with Crippen molar-refractivity contribution in [3.05, 3.63) is 29.6 Å². The molecule has 1 aromatic rings. The summed E-state index contributed by atoms with van der Waals surface area (Å²) in [5.41, 5.74) is 0.725. The van der Waals surface area contributed by atoms with Crippen LogP contribution in [0.2, 0.25) is 0 Å². The van der Waals surface area contributed by atoms with Crippen LogP contribution in [0.25, 0.3) is 0 Å². The summed E-state index contributed by atoms with van der Waals surface area (Å²) in [6.45, 7) is 5.85. The molecule has 2 rings (SSSR count). The van der Waals surface area contributed by atoms with Crippen LogP contribution in [0.1, 0.15) is 41.1 Å². The fourth-order valence-electron chi connectivity index (χ4n) is 2.75. The van der Waals surface area contributed by atoms with Crippen LogP contribution in [0.5, 0.6) is 0 Å². The van der Waals surface area contributed by atoms with Gasteiger partial charge in [-0.1, -0.05) is 13.8 Å². The van der Waals surface area contributed by atoms with E-state index in [0.29, 0.717) is 23.1 Å². The van der Waals surface area contributed by atoms with Crippen molar-refractivity contribution in [2.24, 2.45) is 11.8 Å². The van der Waals surface area contributed by atoms with E-state index in [2.05, 4.69) is 23.6 Å². The van der Waals surface area contributed by atoms with Crippen molar-refractivity contribution in [1.82, 2.24) is 9.88 Å². The molecule has 5 nitrogen and oxygen atoms in total. The number of methoxy groups -OCH3 is 1. The molecule has 0 saturated carbocycles. The van der Waals surface area contributed by atoms with E-state index >= 15 is 0 Å². The maximum absolute atomic E-state index is 12.4. The van der Waals surface area contributed by atoms with Gasteiger partial charge in [-0.2, -0.15) is 0 Å². The fraction of sp³-hybridized carbons (Fsp3) is 0.533. The molecule has 0 bridgehead atoms. The Morgan fingerprint density at radius 1 is 1.25 bits per heavy atom. The van der Waals surface area contributed by atoms with Gasteiger partial charge in [-0.15, -0.1) is 0 Å². The normalized spacial score (nSPS) is 22.4. The van der Waals surface area contributed by atoms with E-state index in [4.69, 9.17) is 0 Å². The number of pyridine rings is 1. The maximum atomic E-state index is 12.4. The monoisotopic (exact) mass is 276 g/mol. The van der Waals surface area contributed by atoms with E-state index in [1.165, 1.54) is 13.3 Å². The van der Waals surface area contributed by atoms with E-state index in [0.717, 1.165) is 19.5 Å². The lowest BCUT2D eigenvalue weighted by molar-refractivity contribution is 0.0593. The second-order valence-electron chi connectivity index (χ2n) is 5.58. The first-order chi connectivity index (χ1) is 9.51. The molecule has 2 atom stereocenters. The molecule has 0 aliphatic carbocycles. The van der Waals surface area contributed by atoms with E-state index < -0.39 is 5.97 Å².